The number of carbonyl (C=O) groups is 2. The minimum Gasteiger partial charge on any atom is -0.467 e. The molecule has 2 aromatic rings. The highest BCUT2D eigenvalue weighted by atomic mass is 79.9. The number of hydrogen-bond acceptors (Lipinski definition) is 6. The SMILES string of the molecule is COC(=O)[C@@H]1C[C@@H](ON=C2c3ccccc3-c3ccc(Br)cc32)CN1C(=O)OC(C)(C)C. The van der Waals surface area contributed by atoms with Gasteiger partial charge >= 0.3 is 12.1 Å². The molecule has 0 saturated carbocycles. The Morgan fingerprint density at radius 1 is 1.06 bits per heavy atom. The third-order valence-corrected chi connectivity index (χ3v) is 5.86. The number of nitrogens with zero attached hydrogens (tertiary/aromatic N) is 2. The number of esters is 1. The lowest BCUT2D eigenvalue weighted by molar-refractivity contribution is -0.145. The zero-order valence-corrected chi connectivity index (χ0v) is 20.0. The van der Waals surface area contributed by atoms with Crippen molar-refractivity contribution < 1.29 is 23.9 Å². The first-order valence-electron chi connectivity index (χ1n) is 10.4. The molecule has 1 amide bonds. The van der Waals surface area contributed by atoms with Gasteiger partial charge in [-0.2, -0.15) is 0 Å². The van der Waals surface area contributed by atoms with Gasteiger partial charge in [-0.15, -0.1) is 0 Å². The minimum absolute atomic E-state index is 0.179. The highest BCUT2D eigenvalue weighted by Crippen LogP contribution is 2.38. The fourth-order valence-corrected chi connectivity index (χ4v) is 4.36. The standard InChI is InChI=1S/C24H25BrN2O5/c1-24(2,3)31-23(29)27-13-15(12-20(27)22(28)30-4)32-26-21-18-8-6-5-7-16(18)17-10-9-14(25)11-19(17)21/h5-11,15,20H,12-13H2,1-4H3/t15-,20+/m1/s1. The molecule has 2 aliphatic rings. The Morgan fingerprint density at radius 2 is 1.75 bits per heavy atom. The van der Waals surface area contributed by atoms with Crippen molar-refractivity contribution in [3.05, 3.63) is 58.1 Å². The minimum atomic E-state index is -0.780. The third kappa shape index (κ3) is 4.37. The van der Waals surface area contributed by atoms with Crippen LogP contribution in [0.2, 0.25) is 0 Å². The average molecular weight is 501 g/mol. The maximum Gasteiger partial charge on any atom is 0.411 e. The highest BCUT2D eigenvalue weighted by Gasteiger charge is 2.43. The van der Waals surface area contributed by atoms with Crippen LogP contribution in [0.3, 0.4) is 0 Å². The van der Waals surface area contributed by atoms with Gasteiger partial charge in [0.15, 0.2) is 0 Å². The van der Waals surface area contributed by atoms with E-state index < -0.39 is 29.8 Å². The summed E-state index contributed by atoms with van der Waals surface area (Å²) in [5.41, 5.74) is 4.16. The number of carbonyl (C=O) groups excluding carboxylic acids is 2. The molecule has 0 N–H and O–H groups in total. The van der Waals surface area contributed by atoms with Crippen molar-refractivity contribution in [3.8, 4) is 11.1 Å². The van der Waals surface area contributed by atoms with Gasteiger partial charge in [0.1, 0.15) is 23.5 Å². The van der Waals surface area contributed by atoms with Crippen molar-refractivity contribution in [3.63, 3.8) is 0 Å². The van der Waals surface area contributed by atoms with Crippen molar-refractivity contribution in [1.82, 2.24) is 4.90 Å². The van der Waals surface area contributed by atoms with E-state index in [1.807, 2.05) is 36.4 Å². The topological polar surface area (TPSA) is 77.4 Å². The zero-order chi connectivity index (χ0) is 23.0. The van der Waals surface area contributed by atoms with E-state index in [0.717, 1.165) is 32.4 Å². The van der Waals surface area contributed by atoms with Crippen LogP contribution in [-0.4, -0.2) is 54.1 Å². The summed E-state index contributed by atoms with van der Waals surface area (Å²) >= 11 is 3.53. The smallest absolute Gasteiger partial charge is 0.411 e. The van der Waals surface area contributed by atoms with Gasteiger partial charge < -0.3 is 14.3 Å². The quantitative estimate of drug-likeness (QED) is 0.383. The van der Waals surface area contributed by atoms with Gasteiger partial charge in [-0.1, -0.05) is 51.4 Å². The van der Waals surface area contributed by atoms with Crippen molar-refractivity contribution in [2.75, 3.05) is 13.7 Å². The van der Waals surface area contributed by atoms with Crippen LogP contribution in [0.4, 0.5) is 4.79 Å². The van der Waals surface area contributed by atoms with Crippen LogP contribution >= 0.6 is 15.9 Å². The van der Waals surface area contributed by atoms with Crippen LogP contribution in [0.15, 0.2) is 52.1 Å². The Kier molecular flexibility index (Phi) is 5.99. The normalized spacial score (nSPS) is 20.7. The second kappa shape index (κ2) is 8.58. The number of ether oxygens (including phenoxy) is 2. The summed E-state index contributed by atoms with van der Waals surface area (Å²) < 4.78 is 11.3. The number of halogens is 1. The Labute approximate surface area is 195 Å². The van der Waals surface area contributed by atoms with Crippen LogP contribution in [0.5, 0.6) is 0 Å². The van der Waals surface area contributed by atoms with Crippen molar-refractivity contribution in [2.24, 2.45) is 5.16 Å². The first-order valence-corrected chi connectivity index (χ1v) is 11.2. The van der Waals surface area contributed by atoms with Gasteiger partial charge in [0, 0.05) is 22.0 Å². The van der Waals surface area contributed by atoms with Crippen LogP contribution in [0.25, 0.3) is 11.1 Å². The van der Waals surface area contributed by atoms with E-state index in [0.29, 0.717) is 0 Å². The Morgan fingerprint density at radius 3 is 2.44 bits per heavy atom. The van der Waals surface area contributed by atoms with E-state index in [9.17, 15) is 9.59 Å². The fourth-order valence-electron chi connectivity index (χ4n) is 4.00. The van der Waals surface area contributed by atoms with Crippen LogP contribution < -0.4 is 0 Å². The molecule has 32 heavy (non-hydrogen) atoms. The van der Waals surface area contributed by atoms with Gasteiger partial charge in [-0.05, 0) is 44.0 Å². The lowest BCUT2D eigenvalue weighted by Crippen LogP contribution is -2.44. The maximum absolute atomic E-state index is 12.7. The largest absolute Gasteiger partial charge is 0.467 e. The molecule has 0 unspecified atom stereocenters. The molecule has 1 fully saturated rings. The maximum atomic E-state index is 12.7. The highest BCUT2D eigenvalue weighted by molar-refractivity contribution is 9.10. The third-order valence-electron chi connectivity index (χ3n) is 5.37. The van der Waals surface area contributed by atoms with E-state index >= 15 is 0 Å². The van der Waals surface area contributed by atoms with Crippen LogP contribution in [0.1, 0.15) is 38.3 Å². The molecular weight excluding hydrogens is 476 g/mol. The molecule has 2 atom stereocenters. The molecule has 4 rings (SSSR count). The molecule has 1 aliphatic heterocycles. The molecule has 2 aromatic carbocycles. The Bertz CT molecular complexity index is 1090. The van der Waals surface area contributed by atoms with Gasteiger partial charge in [0.25, 0.3) is 0 Å². The molecule has 1 heterocycles. The van der Waals surface area contributed by atoms with Gasteiger partial charge in [-0.25, -0.2) is 9.59 Å². The van der Waals surface area contributed by atoms with Crippen molar-refractivity contribution in [2.45, 2.75) is 44.9 Å². The van der Waals surface area contributed by atoms with E-state index in [2.05, 4.69) is 27.2 Å². The molecule has 1 saturated heterocycles. The molecule has 0 bridgehead atoms. The molecule has 0 radical (unpaired) electrons. The van der Waals surface area contributed by atoms with E-state index in [4.69, 9.17) is 14.3 Å². The number of methoxy groups -OCH3 is 1. The second-order valence-electron chi connectivity index (χ2n) is 8.81. The lowest BCUT2D eigenvalue weighted by atomic mass is 10.1. The molecule has 168 valence electrons. The summed E-state index contributed by atoms with van der Waals surface area (Å²) in [5, 5.41) is 4.48. The predicted octanol–water partition coefficient (Wildman–Crippen LogP) is 4.75. The summed E-state index contributed by atoms with van der Waals surface area (Å²) in [5.74, 6) is -0.505. The first kappa shape index (κ1) is 22.3. The molecular formula is C24H25BrN2O5. The molecule has 7 nitrogen and oxygen atoms in total. The van der Waals surface area contributed by atoms with Crippen molar-refractivity contribution in [1.29, 1.82) is 0 Å². The molecule has 0 aromatic heterocycles. The number of likely N-dealkylation sites (tertiary alicyclic amines) is 1. The molecule has 1 aliphatic carbocycles. The first-order chi connectivity index (χ1) is 15.2. The number of oxime groups is 1. The zero-order valence-electron chi connectivity index (χ0n) is 18.4. The monoisotopic (exact) mass is 500 g/mol. The van der Waals surface area contributed by atoms with Gasteiger partial charge in [-0.3, -0.25) is 4.90 Å². The van der Waals surface area contributed by atoms with E-state index in [1.165, 1.54) is 12.0 Å². The Balaban J connectivity index is 1.59. The van der Waals surface area contributed by atoms with E-state index in [1.54, 1.807) is 20.8 Å². The summed E-state index contributed by atoms with van der Waals surface area (Å²) in [6, 6.07) is 13.3. The lowest BCUT2D eigenvalue weighted by Gasteiger charge is -2.27. The number of fused-ring (bicyclic) bond motifs is 3. The molecule has 8 heteroatoms. The summed E-state index contributed by atoms with van der Waals surface area (Å²) in [6.45, 7) is 5.52. The fraction of sp³-hybridized carbons (Fsp3) is 0.375. The molecule has 0 spiro atoms. The summed E-state index contributed by atoms with van der Waals surface area (Å²) in [4.78, 5) is 32.2. The van der Waals surface area contributed by atoms with Crippen LogP contribution in [0, 0.1) is 0 Å². The second-order valence-corrected chi connectivity index (χ2v) is 9.73. The summed E-state index contributed by atoms with van der Waals surface area (Å²) in [7, 11) is 1.30. The number of rotatable bonds is 3. The Hall–Kier alpha value is -2.87. The van der Waals surface area contributed by atoms with Gasteiger partial charge in [0.05, 0.1) is 13.7 Å². The number of hydrogen-bond donors (Lipinski definition) is 0. The summed E-state index contributed by atoms with van der Waals surface area (Å²) in [6.07, 6.45) is -0.773. The number of amides is 1. The number of benzene rings is 2. The van der Waals surface area contributed by atoms with Crippen LogP contribution in [-0.2, 0) is 19.1 Å². The van der Waals surface area contributed by atoms with Gasteiger partial charge in [0.2, 0.25) is 0 Å². The predicted molar refractivity (Wildman–Crippen MR) is 123 cm³/mol. The average Bonchev–Trinajstić information content (AvgIpc) is 3.29. The van der Waals surface area contributed by atoms with E-state index in [-0.39, 0.29) is 13.0 Å². The van der Waals surface area contributed by atoms with Crippen molar-refractivity contribution >= 4 is 33.7 Å².